The zero-order valence-electron chi connectivity index (χ0n) is 12.0. The fourth-order valence-electron chi connectivity index (χ4n) is 2.07. The Morgan fingerprint density at radius 3 is 2.95 bits per heavy atom. The number of Topliss-reactive ketones (excluding diaryl/α,β-unsaturated/α-hetero) is 1. The molecule has 0 spiro atoms. The Morgan fingerprint density at radius 1 is 1.55 bits per heavy atom. The van der Waals surface area contributed by atoms with Gasteiger partial charge in [-0.25, -0.2) is 4.79 Å². The van der Waals surface area contributed by atoms with Crippen molar-refractivity contribution < 1.29 is 14.3 Å². The molecular weight excluding hydrogens is 258 g/mol. The van der Waals surface area contributed by atoms with E-state index in [4.69, 9.17) is 4.74 Å². The van der Waals surface area contributed by atoms with Crippen molar-refractivity contribution in [2.24, 2.45) is 0 Å². The summed E-state index contributed by atoms with van der Waals surface area (Å²) >= 11 is 0. The minimum Gasteiger partial charge on any atom is -0.461 e. The summed E-state index contributed by atoms with van der Waals surface area (Å²) in [7, 11) is 3.90. The van der Waals surface area contributed by atoms with Gasteiger partial charge in [0.05, 0.1) is 6.61 Å². The summed E-state index contributed by atoms with van der Waals surface area (Å²) in [6.45, 7) is 3.36. The highest BCUT2D eigenvalue weighted by molar-refractivity contribution is 6.09. The van der Waals surface area contributed by atoms with Crippen molar-refractivity contribution in [3.63, 3.8) is 0 Å². The van der Waals surface area contributed by atoms with Gasteiger partial charge in [0.2, 0.25) is 5.78 Å². The van der Waals surface area contributed by atoms with Gasteiger partial charge in [0, 0.05) is 24.7 Å². The van der Waals surface area contributed by atoms with Gasteiger partial charge in [-0.2, -0.15) is 5.10 Å². The molecular formula is C14H19N3O3. The van der Waals surface area contributed by atoms with Gasteiger partial charge in [-0.05, 0) is 27.4 Å². The second kappa shape index (κ2) is 6.00. The lowest BCUT2D eigenvalue weighted by Crippen LogP contribution is -2.21. The second-order valence-corrected chi connectivity index (χ2v) is 4.93. The van der Waals surface area contributed by atoms with Crippen LogP contribution in [0.25, 0.3) is 0 Å². The first-order valence-electron chi connectivity index (χ1n) is 6.66. The molecule has 6 nitrogen and oxygen atoms in total. The van der Waals surface area contributed by atoms with Crippen molar-refractivity contribution in [3.8, 4) is 0 Å². The summed E-state index contributed by atoms with van der Waals surface area (Å²) in [5.74, 6) is -0.540. The van der Waals surface area contributed by atoms with Crippen molar-refractivity contribution in [1.29, 1.82) is 0 Å². The molecule has 1 aromatic rings. The fraction of sp³-hybridized carbons (Fsp3) is 0.500. The molecule has 0 atom stereocenters. The maximum absolute atomic E-state index is 12.3. The fourth-order valence-corrected chi connectivity index (χ4v) is 2.07. The molecule has 20 heavy (non-hydrogen) atoms. The van der Waals surface area contributed by atoms with E-state index in [1.54, 1.807) is 11.6 Å². The summed E-state index contributed by atoms with van der Waals surface area (Å²) in [5.41, 5.74) is 1.44. The zero-order valence-corrected chi connectivity index (χ0v) is 12.0. The highest BCUT2D eigenvalue weighted by Gasteiger charge is 2.26. The molecule has 0 aromatic carbocycles. The number of aromatic nitrogens is 2. The number of fused-ring (bicyclic) bond motifs is 1. The standard InChI is InChI=1S/C14H19N3O3/c1-4-20-14(19)11-9-12-13(18)10(5-7-16(2)3)6-8-17(12)15-11/h5,9H,4,6-8H2,1-3H3/b10-5-. The summed E-state index contributed by atoms with van der Waals surface area (Å²) < 4.78 is 6.48. The van der Waals surface area contributed by atoms with Gasteiger partial charge < -0.3 is 9.64 Å². The average molecular weight is 277 g/mol. The molecule has 1 aromatic heterocycles. The molecule has 0 unspecified atom stereocenters. The van der Waals surface area contributed by atoms with Crippen molar-refractivity contribution in [2.75, 3.05) is 27.2 Å². The highest BCUT2D eigenvalue weighted by atomic mass is 16.5. The molecule has 0 aliphatic carbocycles. The van der Waals surface area contributed by atoms with Gasteiger partial charge >= 0.3 is 5.97 Å². The van der Waals surface area contributed by atoms with Crippen LogP contribution in [0.4, 0.5) is 0 Å². The third-order valence-corrected chi connectivity index (χ3v) is 3.08. The van der Waals surface area contributed by atoms with Crippen molar-refractivity contribution in [2.45, 2.75) is 19.9 Å². The van der Waals surface area contributed by atoms with Gasteiger partial charge in [-0.1, -0.05) is 6.08 Å². The molecule has 0 N–H and O–H groups in total. The molecule has 1 aliphatic heterocycles. The molecule has 0 fully saturated rings. The monoisotopic (exact) mass is 277 g/mol. The number of hydrogen-bond acceptors (Lipinski definition) is 5. The number of likely N-dealkylation sites (N-methyl/N-ethyl adjacent to an activating group) is 1. The van der Waals surface area contributed by atoms with Crippen LogP contribution in [0, 0.1) is 0 Å². The van der Waals surface area contributed by atoms with Gasteiger partial charge in [-0.15, -0.1) is 0 Å². The average Bonchev–Trinajstić information content (AvgIpc) is 2.83. The van der Waals surface area contributed by atoms with Crippen molar-refractivity contribution >= 4 is 11.8 Å². The van der Waals surface area contributed by atoms with Crippen molar-refractivity contribution in [1.82, 2.24) is 14.7 Å². The minimum atomic E-state index is -0.485. The zero-order chi connectivity index (χ0) is 14.7. The first-order chi connectivity index (χ1) is 9.52. The topological polar surface area (TPSA) is 64.4 Å². The molecule has 0 amide bonds. The van der Waals surface area contributed by atoms with Crippen LogP contribution in [0.3, 0.4) is 0 Å². The number of aryl methyl sites for hydroxylation is 1. The SMILES string of the molecule is CCOC(=O)c1cc2n(n1)CC/C(=C/CN(C)C)C2=O. The Morgan fingerprint density at radius 2 is 2.30 bits per heavy atom. The lowest BCUT2D eigenvalue weighted by molar-refractivity contribution is 0.0518. The van der Waals surface area contributed by atoms with E-state index in [0.29, 0.717) is 25.3 Å². The molecule has 0 bridgehead atoms. The molecule has 6 heteroatoms. The predicted octanol–water partition coefficient (Wildman–Crippen LogP) is 1.13. The molecule has 0 radical (unpaired) electrons. The molecule has 0 saturated carbocycles. The van der Waals surface area contributed by atoms with Gasteiger partial charge in [0.25, 0.3) is 0 Å². The Bertz CT molecular complexity index is 558. The number of ketones is 1. The number of nitrogens with zero attached hydrogens (tertiary/aromatic N) is 3. The number of rotatable bonds is 4. The molecule has 1 aliphatic rings. The molecule has 0 saturated heterocycles. The van der Waals surface area contributed by atoms with E-state index in [0.717, 1.165) is 12.1 Å². The largest absolute Gasteiger partial charge is 0.461 e. The van der Waals surface area contributed by atoms with E-state index in [2.05, 4.69) is 5.10 Å². The van der Waals surface area contributed by atoms with Crippen LogP contribution < -0.4 is 0 Å². The number of hydrogen-bond donors (Lipinski definition) is 0. The third-order valence-electron chi connectivity index (χ3n) is 3.08. The summed E-state index contributed by atoms with van der Waals surface area (Å²) in [6.07, 6.45) is 2.58. The Balaban J connectivity index is 2.22. The Kier molecular flexibility index (Phi) is 4.34. The van der Waals surface area contributed by atoms with E-state index >= 15 is 0 Å². The number of carbonyl (C=O) groups is 2. The maximum atomic E-state index is 12.3. The van der Waals surface area contributed by atoms with Gasteiger partial charge in [0.1, 0.15) is 5.69 Å². The third kappa shape index (κ3) is 2.96. The van der Waals surface area contributed by atoms with Crippen molar-refractivity contribution in [3.05, 3.63) is 29.1 Å². The first kappa shape index (κ1) is 14.5. The predicted molar refractivity (Wildman–Crippen MR) is 73.8 cm³/mol. The number of esters is 1. The summed E-state index contributed by atoms with van der Waals surface area (Å²) in [5, 5.41) is 4.13. The lowest BCUT2D eigenvalue weighted by atomic mass is 10.0. The van der Waals surface area contributed by atoms with Crippen LogP contribution in [0.2, 0.25) is 0 Å². The van der Waals surface area contributed by atoms with E-state index in [9.17, 15) is 9.59 Å². The van der Waals surface area contributed by atoms with Gasteiger partial charge in [0.15, 0.2) is 5.69 Å². The highest BCUT2D eigenvalue weighted by Crippen LogP contribution is 2.20. The smallest absolute Gasteiger partial charge is 0.358 e. The van der Waals surface area contributed by atoms with Crippen LogP contribution in [0.5, 0.6) is 0 Å². The van der Waals surface area contributed by atoms with Crippen LogP contribution in [-0.2, 0) is 11.3 Å². The van der Waals surface area contributed by atoms with Crippen LogP contribution in [-0.4, -0.2) is 53.7 Å². The Labute approximate surface area is 118 Å². The normalized spacial score (nSPS) is 16.6. The van der Waals surface area contributed by atoms with E-state index < -0.39 is 5.97 Å². The van der Waals surface area contributed by atoms with Crippen LogP contribution in [0.15, 0.2) is 17.7 Å². The van der Waals surface area contributed by atoms with Crippen LogP contribution in [0.1, 0.15) is 34.3 Å². The lowest BCUT2D eigenvalue weighted by Gasteiger charge is -2.16. The minimum absolute atomic E-state index is 0.0545. The molecule has 108 valence electrons. The van der Waals surface area contributed by atoms with E-state index in [-0.39, 0.29) is 11.5 Å². The molecule has 2 heterocycles. The van der Waals surface area contributed by atoms with Crippen LogP contribution >= 0.6 is 0 Å². The quantitative estimate of drug-likeness (QED) is 0.610. The molecule has 2 rings (SSSR count). The Hall–Kier alpha value is -1.95. The van der Waals surface area contributed by atoms with E-state index in [1.165, 1.54) is 6.07 Å². The van der Waals surface area contributed by atoms with Gasteiger partial charge in [-0.3, -0.25) is 9.48 Å². The maximum Gasteiger partial charge on any atom is 0.358 e. The summed E-state index contributed by atoms with van der Waals surface area (Å²) in [4.78, 5) is 26.0. The first-order valence-corrected chi connectivity index (χ1v) is 6.66. The van der Waals surface area contributed by atoms with E-state index in [1.807, 2.05) is 25.1 Å². The number of allylic oxidation sites excluding steroid dienone is 1. The number of ether oxygens (including phenoxy) is 1. The number of carbonyl (C=O) groups excluding carboxylic acids is 2. The second-order valence-electron chi connectivity index (χ2n) is 4.93. The summed E-state index contributed by atoms with van der Waals surface area (Å²) in [6, 6.07) is 1.52.